The first-order chi connectivity index (χ1) is 14.6. The Bertz CT molecular complexity index is 1000. The van der Waals surface area contributed by atoms with Crippen molar-refractivity contribution < 1.29 is 19.2 Å². The molecule has 1 heterocycles. The van der Waals surface area contributed by atoms with E-state index in [4.69, 9.17) is 9.47 Å². The Balaban J connectivity index is 1.37. The fourth-order valence-corrected chi connectivity index (χ4v) is 3.77. The van der Waals surface area contributed by atoms with Crippen LogP contribution < -0.4 is 20.1 Å². The molecule has 2 aliphatic carbocycles. The summed E-state index contributed by atoms with van der Waals surface area (Å²) in [7, 11) is 0. The molecule has 0 saturated heterocycles. The molecule has 2 N–H and O–H groups in total. The number of nitrogens with one attached hydrogen (secondary N) is 2. The van der Waals surface area contributed by atoms with Gasteiger partial charge >= 0.3 is 0 Å². The normalized spacial score (nSPS) is 18.4. The molecule has 0 aromatic heterocycles. The number of benzene rings is 2. The molecule has 1 atom stereocenters. The number of nitro groups is 1. The van der Waals surface area contributed by atoms with Crippen LogP contribution in [0.3, 0.4) is 0 Å². The van der Waals surface area contributed by atoms with Crippen LogP contribution in [0.5, 0.6) is 11.5 Å². The summed E-state index contributed by atoms with van der Waals surface area (Å²) in [5, 5.41) is 17.7. The number of nitrogens with zero attached hydrogens (tertiary/aromatic N) is 1. The summed E-state index contributed by atoms with van der Waals surface area (Å²) in [5.74, 6) is 1.43. The zero-order valence-corrected chi connectivity index (χ0v) is 16.4. The number of ether oxygens (including phenoxy) is 2. The smallest absolute Gasteiger partial charge is 0.293 e. The lowest BCUT2D eigenvalue weighted by Gasteiger charge is -2.23. The molecule has 1 amide bonds. The van der Waals surface area contributed by atoms with E-state index in [-0.39, 0.29) is 29.2 Å². The van der Waals surface area contributed by atoms with Crippen LogP contribution in [0.2, 0.25) is 0 Å². The Kier molecular flexibility index (Phi) is 4.69. The van der Waals surface area contributed by atoms with Crippen molar-refractivity contribution in [3.8, 4) is 11.5 Å². The zero-order valence-electron chi connectivity index (χ0n) is 16.4. The highest BCUT2D eigenvalue weighted by molar-refractivity contribution is 5.96. The van der Waals surface area contributed by atoms with E-state index >= 15 is 0 Å². The Labute approximate surface area is 173 Å². The molecule has 30 heavy (non-hydrogen) atoms. The Morgan fingerprint density at radius 3 is 2.50 bits per heavy atom. The molecule has 156 valence electrons. The average Bonchev–Trinajstić information content (AvgIpc) is 3.66. The van der Waals surface area contributed by atoms with Crippen LogP contribution in [0, 0.1) is 16.0 Å². The molecule has 3 aliphatic rings. The number of carbonyl (C=O) groups is 1. The molecule has 8 heteroatoms. The van der Waals surface area contributed by atoms with Crippen molar-refractivity contribution >= 4 is 17.3 Å². The van der Waals surface area contributed by atoms with Crippen LogP contribution in [0.15, 0.2) is 36.4 Å². The van der Waals surface area contributed by atoms with Crippen LogP contribution in [-0.2, 0) is 0 Å². The predicted molar refractivity (Wildman–Crippen MR) is 110 cm³/mol. The van der Waals surface area contributed by atoms with Gasteiger partial charge in [0.25, 0.3) is 11.6 Å². The minimum Gasteiger partial charge on any atom is -0.486 e. The Morgan fingerprint density at radius 1 is 1.03 bits per heavy atom. The van der Waals surface area contributed by atoms with Gasteiger partial charge in [-0.25, -0.2) is 0 Å². The molecule has 2 saturated carbocycles. The highest BCUT2D eigenvalue weighted by Crippen LogP contribution is 2.43. The first kappa shape index (κ1) is 18.7. The third kappa shape index (κ3) is 3.90. The quantitative estimate of drug-likeness (QED) is 0.532. The maximum absolute atomic E-state index is 13.0. The Hall–Kier alpha value is -3.29. The van der Waals surface area contributed by atoms with Gasteiger partial charge in [0.15, 0.2) is 11.5 Å². The first-order valence-electron chi connectivity index (χ1n) is 10.3. The van der Waals surface area contributed by atoms with Crippen molar-refractivity contribution in [3.63, 3.8) is 0 Å². The molecule has 2 fully saturated rings. The number of anilines is 1. The van der Waals surface area contributed by atoms with Crippen molar-refractivity contribution in [2.75, 3.05) is 18.5 Å². The third-order valence-electron chi connectivity index (χ3n) is 5.70. The van der Waals surface area contributed by atoms with Crippen molar-refractivity contribution in [2.24, 2.45) is 5.92 Å². The van der Waals surface area contributed by atoms with E-state index in [9.17, 15) is 14.9 Å². The van der Waals surface area contributed by atoms with Gasteiger partial charge in [-0.3, -0.25) is 14.9 Å². The summed E-state index contributed by atoms with van der Waals surface area (Å²) in [4.78, 5) is 24.0. The molecular weight excluding hydrogens is 386 g/mol. The van der Waals surface area contributed by atoms with Crippen molar-refractivity contribution in [1.82, 2.24) is 5.32 Å². The van der Waals surface area contributed by atoms with Gasteiger partial charge in [0.05, 0.1) is 11.0 Å². The summed E-state index contributed by atoms with van der Waals surface area (Å²) in [6.07, 6.45) is 4.09. The number of rotatable bonds is 7. The summed E-state index contributed by atoms with van der Waals surface area (Å²) >= 11 is 0. The second-order valence-electron chi connectivity index (χ2n) is 8.10. The zero-order chi connectivity index (χ0) is 20.7. The third-order valence-corrected chi connectivity index (χ3v) is 5.70. The monoisotopic (exact) mass is 409 g/mol. The maximum Gasteiger partial charge on any atom is 0.293 e. The molecule has 8 nitrogen and oxygen atoms in total. The molecule has 2 aromatic rings. The predicted octanol–water partition coefficient (Wildman–Crippen LogP) is 3.82. The number of nitro benzene ring substituents is 1. The van der Waals surface area contributed by atoms with Gasteiger partial charge < -0.3 is 20.1 Å². The average molecular weight is 409 g/mol. The second kappa shape index (κ2) is 7.51. The number of hydrogen-bond acceptors (Lipinski definition) is 6. The van der Waals surface area contributed by atoms with E-state index in [1.54, 1.807) is 12.1 Å². The van der Waals surface area contributed by atoms with E-state index in [2.05, 4.69) is 10.6 Å². The number of fused-ring (bicyclic) bond motifs is 1. The van der Waals surface area contributed by atoms with Gasteiger partial charge in [-0.1, -0.05) is 6.07 Å². The lowest BCUT2D eigenvalue weighted by atomic mass is 10.0. The molecule has 0 bridgehead atoms. The van der Waals surface area contributed by atoms with Crippen LogP contribution in [0.25, 0.3) is 0 Å². The minimum absolute atomic E-state index is 0.0724. The van der Waals surface area contributed by atoms with Crippen LogP contribution >= 0.6 is 0 Å². The van der Waals surface area contributed by atoms with Crippen molar-refractivity contribution in [3.05, 3.63) is 57.6 Å². The van der Waals surface area contributed by atoms with E-state index in [1.807, 2.05) is 18.2 Å². The van der Waals surface area contributed by atoms with Gasteiger partial charge in [-0.15, -0.1) is 0 Å². The second-order valence-corrected chi connectivity index (χ2v) is 8.10. The molecule has 0 radical (unpaired) electrons. The van der Waals surface area contributed by atoms with Gasteiger partial charge in [-0.2, -0.15) is 0 Å². The van der Waals surface area contributed by atoms with E-state index in [1.165, 1.54) is 6.07 Å². The van der Waals surface area contributed by atoms with Crippen LogP contribution in [0.4, 0.5) is 11.4 Å². The lowest BCUT2D eigenvalue weighted by molar-refractivity contribution is -0.384. The molecule has 0 spiro atoms. The molecule has 1 aliphatic heterocycles. The SMILES string of the molecule is O=C(NC(c1ccc2c(c1)OCCO2)C1CC1)c1ccc(NC2CC2)c([N+](=O)[O-])c1. The largest absolute Gasteiger partial charge is 0.486 e. The van der Waals surface area contributed by atoms with E-state index in [0.717, 1.165) is 31.2 Å². The fraction of sp³-hybridized carbons (Fsp3) is 0.409. The molecule has 1 unspecified atom stereocenters. The summed E-state index contributed by atoms with van der Waals surface area (Å²) in [5.41, 5.74) is 1.63. The maximum atomic E-state index is 13.0. The highest BCUT2D eigenvalue weighted by atomic mass is 16.6. The molecule has 5 rings (SSSR count). The summed E-state index contributed by atoms with van der Waals surface area (Å²) in [6, 6.07) is 10.5. The molecular formula is C22H23N3O5. The van der Waals surface area contributed by atoms with Crippen LogP contribution in [-0.4, -0.2) is 30.1 Å². The van der Waals surface area contributed by atoms with Gasteiger partial charge in [0, 0.05) is 17.7 Å². The molecule has 2 aromatic carbocycles. The summed E-state index contributed by atoms with van der Waals surface area (Å²) < 4.78 is 11.3. The Morgan fingerprint density at radius 2 is 1.80 bits per heavy atom. The van der Waals surface area contributed by atoms with Crippen molar-refractivity contribution in [1.29, 1.82) is 0 Å². The van der Waals surface area contributed by atoms with Gasteiger partial charge in [0.2, 0.25) is 0 Å². The standard InChI is InChI=1S/C22H23N3O5/c26-22(15-3-7-17(23-16-5-6-16)18(11-15)25(27)28)24-21(13-1-2-13)14-4-8-19-20(12-14)30-10-9-29-19/h3-4,7-8,11-13,16,21,23H,1-2,5-6,9-10H2,(H,24,26). The number of carbonyl (C=O) groups excluding carboxylic acids is 1. The highest BCUT2D eigenvalue weighted by Gasteiger charge is 2.35. The van der Waals surface area contributed by atoms with Gasteiger partial charge in [-0.05, 0) is 61.4 Å². The number of amides is 1. The topological polar surface area (TPSA) is 103 Å². The lowest BCUT2D eigenvalue weighted by Crippen LogP contribution is -2.30. The minimum atomic E-state index is -0.444. The van der Waals surface area contributed by atoms with E-state index in [0.29, 0.717) is 36.3 Å². The fourth-order valence-electron chi connectivity index (χ4n) is 3.77. The van der Waals surface area contributed by atoms with Gasteiger partial charge in [0.1, 0.15) is 18.9 Å². The van der Waals surface area contributed by atoms with E-state index < -0.39 is 4.92 Å². The summed E-state index contributed by atoms with van der Waals surface area (Å²) in [6.45, 7) is 1.03. The van der Waals surface area contributed by atoms with Crippen LogP contribution in [0.1, 0.15) is 47.6 Å². The van der Waals surface area contributed by atoms with Crippen molar-refractivity contribution in [2.45, 2.75) is 37.8 Å². The first-order valence-corrected chi connectivity index (χ1v) is 10.3. The number of hydrogen-bond donors (Lipinski definition) is 2.